The topological polar surface area (TPSA) is 71.2 Å². The van der Waals surface area contributed by atoms with Crippen molar-refractivity contribution in [3.63, 3.8) is 0 Å². The van der Waals surface area contributed by atoms with Crippen molar-refractivity contribution in [3.8, 4) is 0 Å². The van der Waals surface area contributed by atoms with Crippen molar-refractivity contribution in [3.05, 3.63) is 30.1 Å². The highest BCUT2D eigenvalue weighted by Crippen LogP contribution is 2.39. The Kier molecular flexibility index (Phi) is 5.28. The van der Waals surface area contributed by atoms with Crippen LogP contribution in [0.3, 0.4) is 0 Å². The SMILES string of the molecule is NCC1(CC(=O)N2CCNCC2c2cccnc2)CCCCC1. The molecule has 1 saturated heterocycles. The minimum Gasteiger partial charge on any atom is -0.333 e. The Morgan fingerprint density at radius 1 is 1.39 bits per heavy atom. The van der Waals surface area contributed by atoms with Crippen LogP contribution in [-0.2, 0) is 4.79 Å². The summed E-state index contributed by atoms with van der Waals surface area (Å²) in [6.45, 7) is 3.05. The lowest BCUT2D eigenvalue weighted by molar-refractivity contribution is -0.137. The monoisotopic (exact) mass is 316 g/mol. The molecule has 0 radical (unpaired) electrons. The summed E-state index contributed by atoms with van der Waals surface area (Å²) in [5.41, 5.74) is 7.21. The molecule has 1 aliphatic carbocycles. The average Bonchev–Trinajstić information content (AvgIpc) is 2.63. The molecule has 1 atom stereocenters. The summed E-state index contributed by atoms with van der Waals surface area (Å²) in [6, 6.07) is 4.09. The van der Waals surface area contributed by atoms with Crippen molar-refractivity contribution in [2.45, 2.75) is 44.6 Å². The van der Waals surface area contributed by atoms with Gasteiger partial charge in [-0.3, -0.25) is 9.78 Å². The van der Waals surface area contributed by atoms with E-state index < -0.39 is 0 Å². The molecule has 1 amide bonds. The van der Waals surface area contributed by atoms with Gasteiger partial charge in [0.2, 0.25) is 5.91 Å². The first-order chi connectivity index (χ1) is 11.2. The lowest BCUT2D eigenvalue weighted by Crippen LogP contribution is -2.50. The van der Waals surface area contributed by atoms with E-state index in [-0.39, 0.29) is 17.4 Å². The van der Waals surface area contributed by atoms with Crippen LogP contribution in [0.4, 0.5) is 0 Å². The van der Waals surface area contributed by atoms with E-state index in [1.165, 1.54) is 19.3 Å². The number of pyridine rings is 1. The molecular formula is C18H28N4O. The van der Waals surface area contributed by atoms with Crippen molar-refractivity contribution in [1.29, 1.82) is 0 Å². The van der Waals surface area contributed by atoms with Crippen molar-refractivity contribution < 1.29 is 4.79 Å². The van der Waals surface area contributed by atoms with Gasteiger partial charge in [0.15, 0.2) is 0 Å². The van der Waals surface area contributed by atoms with Crippen molar-refractivity contribution in [2.24, 2.45) is 11.1 Å². The van der Waals surface area contributed by atoms with Crippen molar-refractivity contribution in [2.75, 3.05) is 26.2 Å². The van der Waals surface area contributed by atoms with Crippen LogP contribution in [0.5, 0.6) is 0 Å². The molecule has 1 unspecified atom stereocenters. The fourth-order valence-electron chi connectivity index (χ4n) is 4.05. The van der Waals surface area contributed by atoms with Gasteiger partial charge in [0.25, 0.3) is 0 Å². The summed E-state index contributed by atoms with van der Waals surface area (Å²) >= 11 is 0. The quantitative estimate of drug-likeness (QED) is 0.889. The Hall–Kier alpha value is -1.46. The van der Waals surface area contributed by atoms with Crippen molar-refractivity contribution in [1.82, 2.24) is 15.2 Å². The number of amides is 1. The molecular weight excluding hydrogens is 288 g/mol. The van der Waals surface area contributed by atoms with E-state index in [0.717, 1.165) is 38.0 Å². The van der Waals surface area contributed by atoms with Gasteiger partial charge in [0.05, 0.1) is 6.04 Å². The van der Waals surface area contributed by atoms with E-state index in [1.807, 2.05) is 17.2 Å². The third kappa shape index (κ3) is 3.72. The Morgan fingerprint density at radius 2 is 2.22 bits per heavy atom. The zero-order valence-electron chi connectivity index (χ0n) is 13.8. The molecule has 5 heteroatoms. The fraction of sp³-hybridized carbons (Fsp3) is 0.667. The van der Waals surface area contributed by atoms with E-state index in [1.54, 1.807) is 6.20 Å². The number of nitrogens with zero attached hydrogens (tertiary/aromatic N) is 2. The highest BCUT2D eigenvalue weighted by Gasteiger charge is 2.36. The van der Waals surface area contributed by atoms with Gasteiger partial charge in [0, 0.05) is 38.4 Å². The lowest BCUT2D eigenvalue weighted by Gasteiger charge is -2.41. The van der Waals surface area contributed by atoms with Crippen LogP contribution in [0.25, 0.3) is 0 Å². The van der Waals surface area contributed by atoms with Crippen LogP contribution in [-0.4, -0.2) is 42.0 Å². The van der Waals surface area contributed by atoms with E-state index in [9.17, 15) is 4.79 Å². The van der Waals surface area contributed by atoms with Crippen LogP contribution in [0.15, 0.2) is 24.5 Å². The molecule has 3 N–H and O–H groups in total. The van der Waals surface area contributed by atoms with Gasteiger partial charge in [-0.1, -0.05) is 25.3 Å². The zero-order chi connectivity index (χ0) is 16.1. The largest absolute Gasteiger partial charge is 0.333 e. The van der Waals surface area contributed by atoms with Crippen LogP contribution >= 0.6 is 0 Å². The molecule has 23 heavy (non-hydrogen) atoms. The Labute approximate surface area is 138 Å². The first-order valence-electron chi connectivity index (χ1n) is 8.84. The molecule has 1 aromatic rings. The maximum absolute atomic E-state index is 13.0. The predicted octanol–water partition coefficient (Wildman–Crippen LogP) is 1.85. The zero-order valence-corrected chi connectivity index (χ0v) is 13.8. The first kappa shape index (κ1) is 16.4. The van der Waals surface area contributed by atoms with Crippen LogP contribution in [0, 0.1) is 5.41 Å². The van der Waals surface area contributed by atoms with Crippen LogP contribution in [0.2, 0.25) is 0 Å². The van der Waals surface area contributed by atoms with Gasteiger partial charge >= 0.3 is 0 Å². The molecule has 2 aliphatic rings. The minimum atomic E-state index is 0.0275. The number of rotatable bonds is 4. The van der Waals surface area contributed by atoms with Crippen LogP contribution in [0.1, 0.15) is 50.1 Å². The number of carbonyl (C=O) groups is 1. The van der Waals surface area contributed by atoms with Gasteiger partial charge in [-0.15, -0.1) is 0 Å². The van der Waals surface area contributed by atoms with Gasteiger partial charge in [-0.2, -0.15) is 0 Å². The number of hydrogen-bond donors (Lipinski definition) is 2. The van der Waals surface area contributed by atoms with Crippen LogP contribution < -0.4 is 11.1 Å². The molecule has 0 bridgehead atoms. The lowest BCUT2D eigenvalue weighted by atomic mass is 9.71. The molecule has 5 nitrogen and oxygen atoms in total. The molecule has 1 aliphatic heterocycles. The number of aromatic nitrogens is 1. The molecule has 3 rings (SSSR count). The summed E-state index contributed by atoms with van der Waals surface area (Å²) in [6.07, 6.45) is 10.1. The average molecular weight is 316 g/mol. The Morgan fingerprint density at radius 3 is 2.91 bits per heavy atom. The van der Waals surface area contributed by atoms with E-state index in [2.05, 4.69) is 16.4 Å². The number of carbonyl (C=O) groups excluding carboxylic acids is 1. The number of nitrogens with two attached hydrogens (primary N) is 1. The number of piperazine rings is 1. The smallest absolute Gasteiger partial charge is 0.223 e. The van der Waals surface area contributed by atoms with E-state index >= 15 is 0 Å². The first-order valence-corrected chi connectivity index (χ1v) is 8.84. The highest BCUT2D eigenvalue weighted by molar-refractivity contribution is 5.77. The van der Waals surface area contributed by atoms with Gasteiger partial charge in [-0.25, -0.2) is 0 Å². The maximum atomic E-state index is 13.0. The second kappa shape index (κ2) is 7.41. The molecule has 1 saturated carbocycles. The number of hydrogen-bond acceptors (Lipinski definition) is 4. The van der Waals surface area contributed by atoms with Gasteiger partial charge in [-0.05, 0) is 36.4 Å². The summed E-state index contributed by atoms with van der Waals surface area (Å²) in [5.74, 6) is 0.257. The van der Waals surface area contributed by atoms with E-state index in [0.29, 0.717) is 13.0 Å². The molecule has 126 valence electrons. The Balaban J connectivity index is 1.73. The molecule has 2 fully saturated rings. The van der Waals surface area contributed by atoms with Crippen molar-refractivity contribution >= 4 is 5.91 Å². The van der Waals surface area contributed by atoms with E-state index in [4.69, 9.17) is 5.73 Å². The molecule has 0 spiro atoms. The second-order valence-corrected chi connectivity index (χ2v) is 7.03. The highest BCUT2D eigenvalue weighted by atomic mass is 16.2. The Bertz CT molecular complexity index is 513. The third-order valence-electron chi connectivity index (χ3n) is 5.51. The molecule has 2 heterocycles. The standard InChI is InChI=1S/C18H28N4O/c19-14-18(6-2-1-3-7-18)11-17(23)22-10-9-21-13-16(22)15-5-4-8-20-12-15/h4-5,8,12,16,21H,1-3,6-7,9-11,13-14,19H2. The fourth-order valence-corrected chi connectivity index (χ4v) is 4.05. The number of nitrogens with one attached hydrogen (secondary N) is 1. The summed E-state index contributed by atoms with van der Waals surface area (Å²) < 4.78 is 0. The summed E-state index contributed by atoms with van der Waals surface area (Å²) in [5, 5.41) is 3.40. The third-order valence-corrected chi connectivity index (χ3v) is 5.51. The maximum Gasteiger partial charge on any atom is 0.223 e. The van der Waals surface area contributed by atoms with Gasteiger partial charge < -0.3 is 16.0 Å². The summed E-state index contributed by atoms with van der Waals surface area (Å²) in [7, 11) is 0. The second-order valence-electron chi connectivity index (χ2n) is 7.03. The summed E-state index contributed by atoms with van der Waals surface area (Å²) in [4.78, 5) is 19.3. The molecule has 1 aromatic heterocycles. The predicted molar refractivity (Wildman–Crippen MR) is 90.8 cm³/mol. The minimum absolute atomic E-state index is 0.0275. The van der Waals surface area contributed by atoms with Gasteiger partial charge in [0.1, 0.15) is 0 Å². The molecule has 0 aromatic carbocycles. The normalized spacial score (nSPS) is 24.4.